The van der Waals surface area contributed by atoms with Gasteiger partial charge in [-0.3, -0.25) is 4.94 Å². The SMILES string of the molecule is CC(Cc1cc(F)c(O)c(F)c1)C(=O)OF. The van der Waals surface area contributed by atoms with Crippen LogP contribution in [0.25, 0.3) is 0 Å². The third-order valence-electron chi connectivity index (χ3n) is 2.10. The molecule has 0 aromatic heterocycles. The van der Waals surface area contributed by atoms with E-state index in [2.05, 4.69) is 4.94 Å². The molecule has 0 spiro atoms. The van der Waals surface area contributed by atoms with Gasteiger partial charge in [-0.2, -0.15) is 0 Å². The van der Waals surface area contributed by atoms with Crippen LogP contribution in [0.2, 0.25) is 0 Å². The minimum Gasteiger partial charge on any atom is -0.503 e. The Balaban J connectivity index is 2.86. The molecule has 3 nitrogen and oxygen atoms in total. The molecule has 0 saturated heterocycles. The Bertz CT molecular complexity index is 383. The first kappa shape index (κ1) is 12.4. The van der Waals surface area contributed by atoms with Gasteiger partial charge >= 0.3 is 5.97 Å². The van der Waals surface area contributed by atoms with E-state index in [1.165, 1.54) is 6.92 Å². The van der Waals surface area contributed by atoms with Gasteiger partial charge < -0.3 is 5.11 Å². The normalized spacial score (nSPS) is 12.2. The van der Waals surface area contributed by atoms with Gasteiger partial charge in [-0.15, -0.1) is 0 Å². The number of carbonyl (C=O) groups excluding carboxylic acids is 1. The number of benzene rings is 1. The zero-order valence-electron chi connectivity index (χ0n) is 8.34. The third-order valence-corrected chi connectivity index (χ3v) is 2.10. The summed E-state index contributed by atoms with van der Waals surface area (Å²) >= 11 is 0. The molecule has 0 bridgehead atoms. The summed E-state index contributed by atoms with van der Waals surface area (Å²) in [6.07, 6.45) is -0.0864. The molecule has 0 heterocycles. The van der Waals surface area contributed by atoms with Crippen molar-refractivity contribution in [2.45, 2.75) is 13.3 Å². The van der Waals surface area contributed by atoms with Crippen LogP contribution in [0.3, 0.4) is 0 Å². The fourth-order valence-electron chi connectivity index (χ4n) is 1.25. The Kier molecular flexibility index (Phi) is 3.76. The van der Waals surface area contributed by atoms with Crippen LogP contribution in [-0.4, -0.2) is 11.1 Å². The molecule has 0 amide bonds. The van der Waals surface area contributed by atoms with Crippen LogP contribution in [0.5, 0.6) is 5.75 Å². The number of aromatic hydroxyl groups is 1. The van der Waals surface area contributed by atoms with E-state index in [0.717, 1.165) is 12.1 Å². The highest BCUT2D eigenvalue weighted by Crippen LogP contribution is 2.23. The molecule has 0 aliphatic rings. The summed E-state index contributed by atoms with van der Waals surface area (Å²) in [5.41, 5.74) is 0.130. The van der Waals surface area contributed by atoms with Crippen LogP contribution in [-0.2, 0) is 16.2 Å². The summed E-state index contributed by atoms with van der Waals surface area (Å²) in [6.45, 7) is 1.35. The topological polar surface area (TPSA) is 46.5 Å². The van der Waals surface area contributed by atoms with Crippen molar-refractivity contribution in [1.82, 2.24) is 0 Å². The first-order valence-corrected chi connectivity index (χ1v) is 4.45. The average molecular weight is 234 g/mol. The molecule has 1 N–H and O–H groups in total. The van der Waals surface area contributed by atoms with E-state index in [1.54, 1.807) is 0 Å². The van der Waals surface area contributed by atoms with Gasteiger partial charge in [0, 0.05) is 4.53 Å². The fourth-order valence-corrected chi connectivity index (χ4v) is 1.25. The zero-order chi connectivity index (χ0) is 12.3. The van der Waals surface area contributed by atoms with Crippen LogP contribution >= 0.6 is 0 Å². The number of hydrogen-bond acceptors (Lipinski definition) is 3. The first-order valence-electron chi connectivity index (χ1n) is 4.45. The minimum absolute atomic E-state index is 0.0864. The van der Waals surface area contributed by atoms with Crippen molar-refractivity contribution in [2.24, 2.45) is 5.92 Å². The van der Waals surface area contributed by atoms with E-state index >= 15 is 0 Å². The van der Waals surface area contributed by atoms with Gasteiger partial charge in [-0.25, -0.2) is 13.6 Å². The number of halogens is 3. The average Bonchev–Trinajstić information content (AvgIpc) is 2.24. The predicted octanol–water partition coefficient (Wildman–Crippen LogP) is 2.28. The van der Waals surface area contributed by atoms with Crippen molar-refractivity contribution < 1.29 is 28.1 Å². The van der Waals surface area contributed by atoms with Crippen molar-refractivity contribution in [3.05, 3.63) is 29.3 Å². The summed E-state index contributed by atoms with van der Waals surface area (Å²) in [7, 11) is 0. The highest BCUT2D eigenvalue weighted by Gasteiger charge is 2.18. The van der Waals surface area contributed by atoms with E-state index < -0.39 is 29.3 Å². The van der Waals surface area contributed by atoms with Crippen LogP contribution in [0, 0.1) is 17.6 Å². The molecule has 0 aliphatic heterocycles. The van der Waals surface area contributed by atoms with Gasteiger partial charge in [-0.05, 0) is 24.1 Å². The lowest BCUT2D eigenvalue weighted by atomic mass is 10.0. The maximum atomic E-state index is 12.9. The largest absolute Gasteiger partial charge is 0.503 e. The van der Waals surface area contributed by atoms with Crippen LogP contribution in [0.1, 0.15) is 12.5 Å². The van der Waals surface area contributed by atoms with E-state index in [1.807, 2.05) is 0 Å². The minimum atomic E-state index is -1.13. The number of carbonyl (C=O) groups is 1. The van der Waals surface area contributed by atoms with Gasteiger partial charge in [0.25, 0.3) is 0 Å². The van der Waals surface area contributed by atoms with Crippen molar-refractivity contribution in [2.75, 3.05) is 0 Å². The fraction of sp³-hybridized carbons (Fsp3) is 0.300. The number of hydrogen-bond donors (Lipinski definition) is 1. The zero-order valence-corrected chi connectivity index (χ0v) is 8.34. The number of rotatable bonds is 3. The Hall–Kier alpha value is -1.72. The Labute approximate surface area is 89.4 Å². The lowest BCUT2D eigenvalue weighted by Gasteiger charge is -2.07. The standard InChI is InChI=1S/C10H9F3O3/c1-5(10(15)16-13)2-6-3-7(11)9(14)8(12)4-6/h3-5,14H,2H2,1H3. The second kappa shape index (κ2) is 4.87. The molecule has 1 atom stereocenters. The molecule has 1 aromatic rings. The Morgan fingerprint density at radius 2 is 1.94 bits per heavy atom. The lowest BCUT2D eigenvalue weighted by Crippen LogP contribution is -2.14. The van der Waals surface area contributed by atoms with Gasteiger partial charge in [-0.1, -0.05) is 6.92 Å². The molecule has 0 saturated carbocycles. The number of phenolic OH excluding ortho intramolecular Hbond substituents is 1. The molecule has 16 heavy (non-hydrogen) atoms. The van der Waals surface area contributed by atoms with Gasteiger partial charge in [0.1, 0.15) is 0 Å². The second-order valence-electron chi connectivity index (χ2n) is 3.41. The summed E-state index contributed by atoms with van der Waals surface area (Å²) in [5.74, 6) is -5.32. The molecule has 6 heteroatoms. The second-order valence-corrected chi connectivity index (χ2v) is 3.41. The first-order chi connectivity index (χ1) is 7.45. The molecule has 0 fully saturated rings. The highest BCUT2D eigenvalue weighted by atomic mass is 19.3. The van der Waals surface area contributed by atoms with Gasteiger partial charge in [0.05, 0.1) is 5.92 Å². The molecule has 0 aliphatic carbocycles. The number of phenols is 1. The molecule has 88 valence electrons. The van der Waals surface area contributed by atoms with Crippen molar-refractivity contribution >= 4 is 5.97 Å². The third kappa shape index (κ3) is 2.65. The van der Waals surface area contributed by atoms with Crippen LogP contribution < -0.4 is 0 Å². The lowest BCUT2D eigenvalue weighted by molar-refractivity contribution is -0.188. The molecule has 1 unspecified atom stereocenters. The van der Waals surface area contributed by atoms with Crippen LogP contribution in [0.15, 0.2) is 12.1 Å². The Morgan fingerprint density at radius 1 is 1.44 bits per heavy atom. The molecule has 0 radical (unpaired) electrons. The van der Waals surface area contributed by atoms with E-state index in [9.17, 15) is 18.1 Å². The summed E-state index contributed by atoms with van der Waals surface area (Å²) < 4.78 is 37.3. The van der Waals surface area contributed by atoms with Crippen molar-refractivity contribution in [1.29, 1.82) is 0 Å². The summed E-state index contributed by atoms with van der Waals surface area (Å²) in [4.78, 5) is 13.7. The smallest absolute Gasteiger partial charge is 0.351 e. The molecular weight excluding hydrogens is 225 g/mol. The van der Waals surface area contributed by atoms with Crippen molar-refractivity contribution in [3.63, 3.8) is 0 Å². The van der Waals surface area contributed by atoms with Gasteiger partial charge in [0.2, 0.25) is 0 Å². The van der Waals surface area contributed by atoms with Crippen molar-refractivity contribution in [3.8, 4) is 5.75 Å². The van der Waals surface area contributed by atoms with Crippen LogP contribution in [0.4, 0.5) is 13.3 Å². The highest BCUT2D eigenvalue weighted by molar-refractivity contribution is 5.71. The molecule has 1 aromatic carbocycles. The van der Waals surface area contributed by atoms with E-state index in [-0.39, 0.29) is 12.0 Å². The maximum absolute atomic E-state index is 12.9. The Morgan fingerprint density at radius 3 is 2.38 bits per heavy atom. The quantitative estimate of drug-likeness (QED) is 0.872. The van der Waals surface area contributed by atoms with Gasteiger partial charge in [0.15, 0.2) is 17.4 Å². The molecule has 1 rings (SSSR count). The predicted molar refractivity (Wildman–Crippen MR) is 48.1 cm³/mol. The molecular formula is C10H9F3O3. The maximum Gasteiger partial charge on any atom is 0.351 e. The van der Waals surface area contributed by atoms with E-state index in [4.69, 9.17) is 5.11 Å². The van der Waals surface area contributed by atoms with E-state index in [0.29, 0.717) is 0 Å². The summed E-state index contributed by atoms with van der Waals surface area (Å²) in [5, 5.41) is 8.82. The monoisotopic (exact) mass is 234 g/mol. The summed E-state index contributed by atoms with van der Waals surface area (Å²) in [6, 6.07) is 1.75.